The first-order valence-corrected chi connectivity index (χ1v) is 42.4. The molecule has 0 saturated carbocycles. The van der Waals surface area contributed by atoms with Crippen LogP contribution in [0.4, 0.5) is 0 Å². The number of hydrogen-bond acceptors (Lipinski definition) is 20. The van der Waals surface area contributed by atoms with Gasteiger partial charge in [0.25, 0.3) is 0 Å². The maximum atomic E-state index is 9.09. The molecule has 650 valence electrons. The molecule has 0 atom stereocenters. The number of hydrogen-bond donors (Lipinski definition) is 2. The molecule has 3 aliphatic rings. The second-order valence-corrected chi connectivity index (χ2v) is 35.0. The smallest absolute Gasteiger partial charge is 0.456 e. The summed E-state index contributed by atoms with van der Waals surface area (Å²) >= 11 is 18.1. The maximum absolute atomic E-state index is 9.09. The minimum absolute atomic E-state index is 0. The zero-order valence-corrected chi connectivity index (χ0v) is 73.5. The summed E-state index contributed by atoms with van der Waals surface area (Å²) in [6.07, 6.45) is 0. The molecule has 18 aromatic rings. The van der Waals surface area contributed by atoms with E-state index in [4.69, 9.17) is 116 Å². The molecule has 0 radical (unpaired) electrons. The Labute approximate surface area is 767 Å². The van der Waals surface area contributed by atoms with Gasteiger partial charge >= 0.3 is 28.3 Å². The zero-order chi connectivity index (χ0) is 88.0. The highest BCUT2D eigenvalue weighted by Gasteiger charge is 2.64. The Hall–Kier alpha value is -12.1. The minimum atomic E-state index is -1.49. The molecule has 0 unspecified atom stereocenters. The molecule has 27 heteroatoms. The quantitative estimate of drug-likeness (QED) is 0.114. The van der Waals surface area contributed by atoms with Gasteiger partial charge in [-0.3, -0.25) is 0 Å². The van der Waals surface area contributed by atoms with E-state index in [0.717, 1.165) is 110 Å². The normalized spacial score (nSPS) is 15.3. The zero-order valence-electron chi connectivity index (χ0n) is 71.2. The summed E-state index contributed by atoms with van der Waals surface area (Å²) < 4.78 is 54.4. The van der Waals surface area contributed by atoms with E-state index in [1.54, 1.807) is 30.3 Å². The van der Waals surface area contributed by atoms with Crippen LogP contribution in [0.25, 0.3) is 157 Å². The predicted molar refractivity (Wildman–Crippen MR) is 524 cm³/mol. The number of halogens is 3. The molecule has 0 bridgehead atoms. The summed E-state index contributed by atoms with van der Waals surface area (Å²) in [5.74, 6) is 4.87. The lowest BCUT2D eigenvalue weighted by Gasteiger charge is -2.32. The van der Waals surface area contributed by atoms with Gasteiger partial charge < -0.3 is 51.2 Å². The predicted octanol–water partition coefficient (Wildman–Crippen LogP) is 24.4. The highest BCUT2D eigenvalue weighted by Crippen LogP contribution is 2.45. The fraction of sp³-hybridized carbons (Fsp3) is 0.206. The van der Waals surface area contributed by atoms with Crippen LogP contribution in [0.15, 0.2) is 304 Å². The fourth-order valence-corrected chi connectivity index (χ4v) is 15.0. The van der Waals surface area contributed by atoms with E-state index in [2.05, 4.69) is 54.8 Å². The van der Waals surface area contributed by atoms with Gasteiger partial charge in [-0.2, -0.15) is 9.97 Å². The molecular weight excluding hydrogens is 1680 g/mol. The van der Waals surface area contributed by atoms with Crippen molar-refractivity contribution < 1.29 is 51.2 Å². The first kappa shape index (κ1) is 93.0. The summed E-state index contributed by atoms with van der Waals surface area (Å²) in [4.78, 5) is 41.6. The average molecular weight is 1780 g/mol. The summed E-state index contributed by atoms with van der Waals surface area (Å²) in [6.45, 7) is 24.5. The highest BCUT2D eigenvalue weighted by atomic mass is 35.5. The van der Waals surface area contributed by atoms with Gasteiger partial charge in [-0.25, -0.2) is 34.9 Å². The first-order chi connectivity index (χ1) is 60.4. The van der Waals surface area contributed by atoms with E-state index in [1.807, 2.05) is 304 Å². The van der Waals surface area contributed by atoms with Crippen LogP contribution >= 0.6 is 34.8 Å². The molecule has 2 N–H and O–H groups in total. The Balaban J connectivity index is 0.000000135. The summed E-state index contributed by atoms with van der Waals surface area (Å²) in [5.41, 5.74) is 10.9. The van der Waals surface area contributed by atoms with Crippen molar-refractivity contribution in [3.8, 4) is 91.1 Å². The Kier molecular flexibility index (Phi) is 27.3. The second kappa shape index (κ2) is 37.9. The van der Waals surface area contributed by atoms with E-state index in [-0.39, 0.29) is 50.0 Å². The summed E-state index contributed by atoms with van der Waals surface area (Å²) in [5, 5.41) is 25.6. The van der Waals surface area contributed by atoms with Crippen molar-refractivity contribution in [1.29, 1.82) is 0 Å². The molecule has 20 nitrogen and oxygen atoms in total. The van der Waals surface area contributed by atoms with Crippen molar-refractivity contribution in [1.82, 2.24) is 44.9 Å². The molecule has 3 fully saturated rings. The third-order valence-electron chi connectivity index (χ3n) is 23.6. The maximum Gasteiger partial charge on any atom is 0.494 e. The first-order valence-electron chi connectivity index (χ1n) is 41.3. The molecule has 0 aliphatic carbocycles. The van der Waals surface area contributed by atoms with Crippen LogP contribution < -0.4 is 10.9 Å². The van der Waals surface area contributed by atoms with Crippen molar-refractivity contribution in [3.05, 3.63) is 307 Å². The van der Waals surface area contributed by atoms with Gasteiger partial charge in [0.15, 0.2) is 46.6 Å². The van der Waals surface area contributed by atoms with E-state index in [1.165, 1.54) is 0 Å². The van der Waals surface area contributed by atoms with Crippen molar-refractivity contribution in [2.75, 3.05) is 0 Å². The van der Waals surface area contributed by atoms with Crippen LogP contribution in [0, 0.1) is 0 Å². The van der Waals surface area contributed by atoms with Crippen LogP contribution in [-0.4, -0.2) is 117 Å². The number of fused-ring (bicyclic) bond motifs is 9. The van der Waals surface area contributed by atoms with Crippen molar-refractivity contribution in [2.45, 2.75) is 139 Å². The molecule has 6 aromatic heterocycles. The Morgan fingerprint density at radius 3 is 0.806 bits per heavy atom. The van der Waals surface area contributed by atoms with E-state index in [9.17, 15) is 0 Å². The fourth-order valence-electron chi connectivity index (χ4n) is 14.5. The van der Waals surface area contributed by atoms with Crippen molar-refractivity contribution >= 4 is 140 Å². The average Bonchev–Trinajstić information content (AvgIpc) is 1.64. The van der Waals surface area contributed by atoms with E-state index in [0.29, 0.717) is 67.7 Å². The standard InChI is InChI=1S/C33H28BN3O3.C27H16ClN3O.C15H10ClN3.C12H24B2O4.C12H8BClO3.3CH4/c1-32(2)33(3,4)40-34(39-32)24-16-18-27-26(20-24)25-17-15-23(19-28(25)38-27)31-36-29(21-11-7-5-8-12-21)35-30(37-31)22-13-9-6-10-14-22;28-20-12-14-23-22(16-20)21-13-11-19(15-24(21)32-23)27-30-25(17-7-3-1-4-8-17)29-26(31-27)18-9-5-2-6-10-18;16-15-18-13(11-7-3-1-4-8-11)17-14(19-15)12-9-5-2-6-10-12;1-9(2)10(3,4)16-13(15-9)14-17-11(5,6)12(7,8)18-14;14-8-2-4-11-10(6-8)9-3-1-7(13(15)16)5-12(9)17-11;;;/h5-20H,1-4H3;1-16H;1-10H;1-8H3;1-6,15-16H;3*1H4. The van der Waals surface area contributed by atoms with Crippen molar-refractivity contribution in [2.24, 2.45) is 0 Å². The lowest BCUT2D eigenvalue weighted by atomic mass is 9.49. The van der Waals surface area contributed by atoms with Crippen LogP contribution in [0.5, 0.6) is 0 Å². The van der Waals surface area contributed by atoms with Crippen LogP contribution in [0.2, 0.25) is 15.3 Å². The van der Waals surface area contributed by atoms with Crippen molar-refractivity contribution in [3.63, 3.8) is 0 Å². The van der Waals surface area contributed by atoms with Gasteiger partial charge in [-0.1, -0.05) is 264 Å². The molecular formula is C102H98B4Cl3N9O11. The molecule has 21 rings (SSSR count). The Morgan fingerprint density at radius 1 is 0.248 bits per heavy atom. The number of rotatable bonds is 11. The molecule has 0 spiro atoms. The van der Waals surface area contributed by atoms with E-state index >= 15 is 0 Å². The molecule has 12 aromatic carbocycles. The van der Waals surface area contributed by atoms with Gasteiger partial charge in [0.05, 0.1) is 33.6 Å². The van der Waals surface area contributed by atoms with Crippen LogP contribution in [0.1, 0.15) is 105 Å². The molecule has 3 aliphatic heterocycles. The number of furan rings is 3. The third-order valence-corrected chi connectivity index (χ3v) is 24.2. The molecule has 0 amide bonds. The van der Waals surface area contributed by atoms with E-state index < -0.39 is 39.5 Å². The molecule has 9 heterocycles. The molecule has 129 heavy (non-hydrogen) atoms. The largest absolute Gasteiger partial charge is 0.494 e. The Morgan fingerprint density at radius 2 is 0.504 bits per heavy atom. The number of benzene rings is 12. The summed E-state index contributed by atoms with van der Waals surface area (Å²) in [6, 6.07) is 93.6. The van der Waals surface area contributed by atoms with Gasteiger partial charge in [0, 0.05) is 86.9 Å². The lowest BCUT2D eigenvalue weighted by molar-refractivity contribution is 0.00578. The van der Waals surface area contributed by atoms with Gasteiger partial charge in [-0.15, -0.1) is 0 Å². The topological polar surface area (TPSA) is 251 Å². The Bertz CT molecular complexity index is 6750. The van der Waals surface area contributed by atoms with Gasteiger partial charge in [0.1, 0.15) is 33.5 Å². The lowest BCUT2D eigenvalue weighted by Crippen LogP contribution is -2.41. The summed E-state index contributed by atoms with van der Waals surface area (Å²) in [7, 11) is -2.88. The highest BCUT2D eigenvalue weighted by molar-refractivity contribution is 7.11. The van der Waals surface area contributed by atoms with Gasteiger partial charge in [0.2, 0.25) is 5.28 Å². The number of nitrogens with zero attached hydrogens (tertiary/aromatic N) is 9. The second-order valence-electron chi connectivity index (χ2n) is 33.8. The monoisotopic (exact) mass is 1770 g/mol. The SMILES string of the molecule is C.C.C.CC1(C)OB(B2OC(C)(C)C(C)(C)O2)OC1(C)C.CC1(C)OB(c2ccc3oc4cc(-c5nc(-c6ccccc6)nc(-c6ccccc6)n5)ccc4c3c2)OC1(C)C.Clc1ccc2oc3cc(-c4nc(-c5ccccc5)nc(-c5ccccc5)n4)ccc3c2c1.Clc1nc(-c2ccccc2)nc(-c2ccccc2)n1.OB(O)c1ccc2c(c1)oc1ccc(Cl)cc12. The van der Waals surface area contributed by atoms with Crippen LogP contribution in [-0.2, 0) is 27.9 Å². The minimum Gasteiger partial charge on any atom is -0.456 e. The van der Waals surface area contributed by atoms with Crippen LogP contribution in [0.3, 0.4) is 0 Å². The number of aromatic nitrogens is 9. The third kappa shape index (κ3) is 19.9. The van der Waals surface area contributed by atoms with Gasteiger partial charge in [-0.05, 0) is 178 Å². The molecule has 3 saturated heterocycles.